The third kappa shape index (κ3) is 4.37. The van der Waals surface area contributed by atoms with Crippen LogP contribution in [0, 0.1) is 10.8 Å². The molecule has 0 aromatic carbocycles. The number of carboxylic acid groups (broad SMARTS) is 1. The summed E-state index contributed by atoms with van der Waals surface area (Å²) in [7, 11) is 1.49. The summed E-state index contributed by atoms with van der Waals surface area (Å²) in [6, 6.07) is 0. The SMILES string of the molecule is COCC1(C(=O)O)CCN(C(=O)OCC(C)(C)C)CC1. The van der Waals surface area contributed by atoms with Crippen LogP contribution in [0.15, 0.2) is 0 Å². The van der Waals surface area contributed by atoms with Crippen LogP contribution in [-0.2, 0) is 14.3 Å². The summed E-state index contributed by atoms with van der Waals surface area (Å²) >= 11 is 0. The van der Waals surface area contributed by atoms with Crippen LogP contribution in [0.2, 0.25) is 0 Å². The van der Waals surface area contributed by atoms with Crippen LogP contribution in [0.4, 0.5) is 4.79 Å². The highest BCUT2D eigenvalue weighted by atomic mass is 16.6. The second-order valence-electron chi connectivity index (χ2n) is 6.62. The predicted octanol–water partition coefficient (Wildman–Crippen LogP) is 1.98. The van der Waals surface area contributed by atoms with E-state index in [9.17, 15) is 14.7 Å². The lowest BCUT2D eigenvalue weighted by molar-refractivity contribution is -0.155. The van der Waals surface area contributed by atoms with E-state index in [1.54, 1.807) is 4.90 Å². The Labute approximate surface area is 120 Å². The molecule has 1 aliphatic heterocycles. The molecule has 0 unspecified atom stereocenters. The van der Waals surface area contributed by atoms with Crippen LogP contribution in [0.1, 0.15) is 33.6 Å². The number of rotatable bonds is 4. The van der Waals surface area contributed by atoms with Crippen molar-refractivity contribution in [3.05, 3.63) is 0 Å². The van der Waals surface area contributed by atoms with Crippen molar-refractivity contribution < 1.29 is 24.2 Å². The lowest BCUT2D eigenvalue weighted by Crippen LogP contribution is -2.49. The molecule has 1 amide bonds. The highest BCUT2D eigenvalue weighted by molar-refractivity contribution is 5.76. The molecule has 1 N–H and O–H groups in total. The van der Waals surface area contributed by atoms with Crippen molar-refractivity contribution in [2.24, 2.45) is 10.8 Å². The molecule has 6 nitrogen and oxygen atoms in total. The molecular formula is C14H25NO5. The number of carbonyl (C=O) groups excluding carboxylic acids is 1. The van der Waals surface area contributed by atoms with Gasteiger partial charge < -0.3 is 19.5 Å². The number of methoxy groups -OCH3 is 1. The van der Waals surface area contributed by atoms with Crippen molar-refractivity contribution in [1.29, 1.82) is 0 Å². The van der Waals surface area contributed by atoms with E-state index in [0.29, 0.717) is 32.5 Å². The number of aliphatic carboxylic acids is 1. The van der Waals surface area contributed by atoms with Crippen molar-refractivity contribution in [1.82, 2.24) is 4.90 Å². The van der Waals surface area contributed by atoms with Crippen molar-refractivity contribution >= 4 is 12.1 Å². The van der Waals surface area contributed by atoms with Crippen LogP contribution in [0.25, 0.3) is 0 Å². The molecule has 1 saturated heterocycles. The summed E-state index contributed by atoms with van der Waals surface area (Å²) in [5, 5.41) is 9.34. The number of hydrogen-bond donors (Lipinski definition) is 1. The van der Waals surface area contributed by atoms with Gasteiger partial charge in [-0.2, -0.15) is 0 Å². The number of piperidine rings is 1. The minimum Gasteiger partial charge on any atom is -0.481 e. The van der Waals surface area contributed by atoms with E-state index in [4.69, 9.17) is 9.47 Å². The molecule has 1 aliphatic rings. The van der Waals surface area contributed by atoms with Gasteiger partial charge in [-0.25, -0.2) is 4.79 Å². The van der Waals surface area contributed by atoms with Gasteiger partial charge in [0, 0.05) is 20.2 Å². The maximum absolute atomic E-state index is 11.9. The summed E-state index contributed by atoms with van der Waals surface area (Å²) in [6.07, 6.45) is 0.415. The van der Waals surface area contributed by atoms with Crippen molar-refractivity contribution in [2.45, 2.75) is 33.6 Å². The summed E-state index contributed by atoms with van der Waals surface area (Å²) in [5.41, 5.74) is -0.956. The Balaban J connectivity index is 2.52. The van der Waals surface area contributed by atoms with E-state index in [1.807, 2.05) is 20.8 Å². The molecule has 1 fully saturated rings. The quantitative estimate of drug-likeness (QED) is 0.855. The Hall–Kier alpha value is -1.30. The summed E-state index contributed by atoms with van der Waals surface area (Å²) in [6.45, 7) is 7.27. The lowest BCUT2D eigenvalue weighted by atomic mass is 9.79. The van der Waals surface area contributed by atoms with Crippen LogP contribution < -0.4 is 0 Å². The van der Waals surface area contributed by atoms with E-state index in [0.717, 1.165) is 0 Å². The van der Waals surface area contributed by atoms with E-state index in [2.05, 4.69) is 0 Å². The Morgan fingerprint density at radius 1 is 1.25 bits per heavy atom. The molecule has 20 heavy (non-hydrogen) atoms. The standard InChI is InChI=1S/C14H25NO5/c1-13(2,3)9-20-12(18)15-7-5-14(6-8-15,10-19-4)11(16)17/h5-10H2,1-4H3,(H,16,17). The Bertz CT molecular complexity index is 353. The number of amides is 1. The highest BCUT2D eigenvalue weighted by Crippen LogP contribution is 2.32. The molecule has 116 valence electrons. The molecular weight excluding hydrogens is 262 g/mol. The first-order valence-electron chi connectivity index (χ1n) is 6.84. The molecule has 1 rings (SSSR count). The Morgan fingerprint density at radius 2 is 1.80 bits per heavy atom. The van der Waals surface area contributed by atoms with Gasteiger partial charge in [-0.1, -0.05) is 20.8 Å². The first-order chi connectivity index (χ1) is 9.20. The van der Waals surface area contributed by atoms with E-state index in [1.165, 1.54) is 7.11 Å². The highest BCUT2D eigenvalue weighted by Gasteiger charge is 2.42. The number of hydrogen-bond acceptors (Lipinski definition) is 4. The smallest absolute Gasteiger partial charge is 0.409 e. The minimum absolute atomic E-state index is 0.0771. The molecule has 0 aromatic rings. The average Bonchev–Trinajstić information content (AvgIpc) is 2.36. The van der Waals surface area contributed by atoms with Gasteiger partial charge in [-0.3, -0.25) is 4.79 Å². The third-order valence-electron chi connectivity index (χ3n) is 3.48. The van der Waals surface area contributed by atoms with Crippen molar-refractivity contribution in [3.63, 3.8) is 0 Å². The second-order valence-corrected chi connectivity index (χ2v) is 6.62. The van der Waals surface area contributed by atoms with Gasteiger partial charge in [0.15, 0.2) is 0 Å². The number of ether oxygens (including phenoxy) is 2. The number of carbonyl (C=O) groups is 2. The minimum atomic E-state index is -0.879. The molecule has 0 saturated carbocycles. The zero-order valence-corrected chi connectivity index (χ0v) is 12.8. The maximum atomic E-state index is 11.9. The van der Waals surface area contributed by atoms with Crippen LogP contribution in [0.3, 0.4) is 0 Å². The van der Waals surface area contributed by atoms with E-state index >= 15 is 0 Å². The fourth-order valence-corrected chi connectivity index (χ4v) is 2.18. The molecule has 0 bridgehead atoms. The number of likely N-dealkylation sites (tertiary alicyclic amines) is 1. The number of carboxylic acids is 1. The predicted molar refractivity (Wildman–Crippen MR) is 73.6 cm³/mol. The normalized spacial score (nSPS) is 18.7. The summed E-state index contributed by atoms with van der Waals surface area (Å²) in [4.78, 5) is 24.9. The summed E-state index contributed by atoms with van der Waals surface area (Å²) in [5.74, 6) is -0.859. The lowest BCUT2D eigenvalue weighted by Gasteiger charge is -2.38. The van der Waals surface area contributed by atoms with Crippen LogP contribution in [0.5, 0.6) is 0 Å². The number of nitrogens with zero attached hydrogens (tertiary/aromatic N) is 1. The van der Waals surface area contributed by atoms with Gasteiger partial charge in [0.1, 0.15) is 0 Å². The zero-order chi connectivity index (χ0) is 15.4. The fourth-order valence-electron chi connectivity index (χ4n) is 2.18. The molecule has 0 radical (unpaired) electrons. The Morgan fingerprint density at radius 3 is 2.20 bits per heavy atom. The largest absolute Gasteiger partial charge is 0.481 e. The topological polar surface area (TPSA) is 76.1 Å². The van der Waals surface area contributed by atoms with E-state index in [-0.39, 0.29) is 18.1 Å². The first-order valence-corrected chi connectivity index (χ1v) is 6.84. The second kappa shape index (κ2) is 6.43. The molecule has 0 aliphatic carbocycles. The van der Waals surface area contributed by atoms with Crippen molar-refractivity contribution in [2.75, 3.05) is 33.4 Å². The van der Waals surface area contributed by atoms with Gasteiger partial charge >= 0.3 is 12.1 Å². The Kier molecular flexibility index (Phi) is 5.39. The third-order valence-corrected chi connectivity index (χ3v) is 3.48. The van der Waals surface area contributed by atoms with Gasteiger partial charge in [-0.15, -0.1) is 0 Å². The van der Waals surface area contributed by atoms with Gasteiger partial charge in [0.2, 0.25) is 0 Å². The van der Waals surface area contributed by atoms with Crippen LogP contribution >= 0.6 is 0 Å². The van der Waals surface area contributed by atoms with Gasteiger partial charge in [0.25, 0.3) is 0 Å². The van der Waals surface area contributed by atoms with Crippen LogP contribution in [-0.4, -0.2) is 55.5 Å². The average molecular weight is 287 g/mol. The molecule has 0 aromatic heterocycles. The van der Waals surface area contributed by atoms with E-state index < -0.39 is 11.4 Å². The van der Waals surface area contributed by atoms with Gasteiger partial charge in [-0.05, 0) is 18.3 Å². The molecule has 6 heteroatoms. The monoisotopic (exact) mass is 287 g/mol. The first kappa shape index (κ1) is 16.8. The zero-order valence-electron chi connectivity index (χ0n) is 12.8. The molecule has 1 heterocycles. The molecule has 0 spiro atoms. The fraction of sp³-hybridized carbons (Fsp3) is 0.857. The summed E-state index contributed by atoms with van der Waals surface area (Å²) < 4.78 is 10.3. The van der Waals surface area contributed by atoms with Crippen molar-refractivity contribution in [3.8, 4) is 0 Å². The van der Waals surface area contributed by atoms with Gasteiger partial charge in [0.05, 0.1) is 18.6 Å². The molecule has 0 atom stereocenters. The maximum Gasteiger partial charge on any atom is 0.409 e.